The van der Waals surface area contributed by atoms with Crippen LogP contribution in [-0.4, -0.2) is 4.98 Å². The molecular weight excluding hydrogens is 609 g/mol. The number of hydrogen-bond acceptors (Lipinski definition) is 3. The third-order valence-corrected chi connectivity index (χ3v) is 9.87. The highest BCUT2D eigenvalue weighted by atomic mass is 16.4. The first kappa shape index (κ1) is 28.3. The van der Waals surface area contributed by atoms with Gasteiger partial charge in [-0.25, -0.2) is 4.98 Å². The molecule has 0 fully saturated rings. The second-order valence-electron chi connectivity index (χ2n) is 12.7. The molecule has 0 aliphatic heterocycles. The van der Waals surface area contributed by atoms with Crippen LogP contribution >= 0.6 is 0 Å². The number of para-hydroxylation sites is 1. The fraction of sp³-hybridized carbons (Fsp3) is 0. The summed E-state index contributed by atoms with van der Waals surface area (Å²) in [6.07, 6.45) is 0. The minimum atomic E-state index is 0.654. The molecule has 1 aliphatic rings. The van der Waals surface area contributed by atoms with Crippen molar-refractivity contribution in [2.24, 2.45) is 0 Å². The molecule has 0 radical (unpaired) electrons. The predicted molar refractivity (Wildman–Crippen MR) is 207 cm³/mol. The molecule has 0 N–H and O–H groups in total. The van der Waals surface area contributed by atoms with Gasteiger partial charge in [0.2, 0.25) is 5.89 Å². The third kappa shape index (κ3) is 4.48. The quantitative estimate of drug-likeness (QED) is 0.181. The molecule has 0 saturated heterocycles. The van der Waals surface area contributed by atoms with E-state index < -0.39 is 0 Å². The summed E-state index contributed by atoms with van der Waals surface area (Å²) in [7, 11) is 0. The smallest absolute Gasteiger partial charge is 0.227 e. The maximum absolute atomic E-state index is 6.44. The van der Waals surface area contributed by atoms with Crippen LogP contribution in [0.1, 0.15) is 0 Å². The SMILES string of the molecule is c1ccc(-c2ccc(N(c3ccccc3)c3ccc(-c4ccc5c6c(cccc46)-c4oc(-c6ccccc6)nc4-5)c4ccccc34)cc2)cc1. The van der Waals surface area contributed by atoms with E-state index in [0.717, 1.165) is 45.2 Å². The Bertz CT molecular complexity index is 2650. The number of nitrogens with zero attached hydrogens (tertiary/aromatic N) is 2. The number of anilines is 3. The molecule has 3 nitrogen and oxygen atoms in total. The summed E-state index contributed by atoms with van der Waals surface area (Å²) in [6.45, 7) is 0. The summed E-state index contributed by atoms with van der Waals surface area (Å²) in [4.78, 5) is 7.36. The molecule has 10 rings (SSSR count). The minimum absolute atomic E-state index is 0.654. The van der Waals surface area contributed by atoms with Crippen LogP contribution in [0.5, 0.6) is 0 Å². The summed E-state index contributed by atoms with van der Waals surface area (Å²) in [5.74, 6) is 1.50. The molecule has 0 spiro atoms. The van der Waals surface area contributed by atoms with Crippen molar-refractivity contribution in [3.05, 3.63) is 182 Å². The van der Waals surface area contributed by atoms with Crippen molar-refractivity contribution in [1.82, 2.24) is 4.98 Å². The standard InChI is InChI=1S/C47H30N2O/c1-4-13-31(14-5-1)32-23-25-35(26-24-32)49(34-17-8-3-9-18-34)43-30-29-37(36-19-10-11-20-39(36)43)38-27-28-41-44-40(38)21-12-22-42(44)46-45(41)48-47(50-46)33-15-6-2-7-16-33/h1-30H. The van der Waals surface area contributed by atoms with Gasteiger partial charge in [0.05, 0.1) is 5.69 Å². The topological polar surface area (TPSA) is 29.3 Å². The summed E-state index contributed by atoms with van der Waals surface area (Å²) in [6, 6.07) is 64.5. The van der Waals surface area contributed by atoms with E-state index in [1.165, 1.54) is 43.8 Å². The number of benzene rings is 8. The van der Waals surface area contributed by atoms with Gasteiger partial charge < -0.3 is 9.32 Å². The Morgan fingerprint density at radius 1 is 0.380 bits per heavy atom. The third-order valence-electron chi connectivity index (χ3n) is 9.87. The van der Waals surface area contributed by atoms with E-state index in [4.69, 9.17) is 9.40 Å². The van der Waals surface area contributed by atoms with Gasteiger partial charge in [0.25, 0.3) is 0 Å². The second kappa shape index (κ2) is 11.5. The maximum atomic E-state index is 6.44. The number of rotatable bonds is 6. The molecule has 0 unspecified atom stereocenters. The van der Waals surface area contributed by atoms with Gasteiger partial charge in [0, 0.05) is 38.8 Å². The lowest BCUT2D eigenvalue weighted by Gasteiger charge is -2.28. The van der Waals surface area contributed by atoms with E-state index in [-0.39, 0.29) is 0 Å². The molecule has 1 aliphatic carbocycles. The van der Waals surface area contributed by atoms with Gasteiger partial charge in [-0.1, -0.05) is 140 Å². The average molecular weight is 639 g/mol. The van der Waals surface area contributed by atoms with Crippen molar-refractivity contribution in [3.8, 4) is 56.3 Å². The van der Waals surface area contributed by atoms with Crippen LogP contribution in [0, 0.1) is 0 Å². The Kier molecular flexibility index (Phi) is 6.49. The zero-order chi connectivity index (χ0) is 33.0. The van der Waals surface area contributed by atoms with E-state index in [1.54, 1.807) is 0 Å². The largest absolute Gasteiger partial charge is 0.435 e. The lowest BCUT2D eigenvalue weighted by Crippen LogP contribution is -2.10. The first-order valence-electron chi connectivity index (χ1n) is 17.0. The normalized spacial score (nSPS) is 11.6. The van der Waals surface area contributed by atoms with Gasteiger partial charge in [-0.3, -0.25) is 0 Å². The van der Waals surface area contributed by atoms with E-state index in [9.17, 15) is 0 Å². The zero-order valence-electron chi connectivity index (χ0n) is 27.1. The van der Waals surface area contributed by atoms with Gasteiger partial charge in [-0.2, -0.15) is 0 Å². The van der Waals surface area contributed by atoms with Gasteiger partial charge in [-0.15, -0.1) is 0 Å². The van der Waals surface area contributed by atoms with Crippen LogP contribution < -0.4 is 4.90 Å². The number of fused-ring (bicyclic) bond motifs is 4. The fourth-order valence-electron chi connectivity index (χ4n) is 7.57. The molecule has 0 bridgehead atoms. The van der Waals surface area contributed by atoms with Crippen molar-refractivity contribution in [1.29, 1.82) is 0 Å². The monoisotopic (exact) mass is 638 g/mol. The molecule has 234 valence electrons. The van der Waals surface area contributed by atoms with Crippen molar-refractivity contribution in [2.45, 2.75) is 0 Å². The van der Waals surface area contributed by atoms with E-state index in [1.807, 2.05) is 30.3 Å². The molecule has 50 heavy (non-hydrogen) atoms. The van der Waals surface area contributed by atoms with Gasteiger partial charge >= 0.3 is 0 Å². The zero-order valence-corrected chi connectivity index (χ0v) is 27.1. The molecule has 1 heterocycles. The summed E-state index contributed by atoms with van der Waals surface area (Å²) in [5.41, 5.74) is 12.3. The number of aromatic nitrogens is 1. The predicted octanol–water partition coefficient (Wildman–Crippen LogP) is 13.1. The Hall–Kier alpha value is -6.71. The first-order valence-corrected chi connectivity index (χ1v) is 17.0. The minimum Gasteiger partial charge on any atom is -0.435 e. The van der Waals surface area contributed by atoms with Crippen molar-refractivity contribution in [3.63, 3.8) is 0 Å². The molecule has 0 saturated carbocycles. The number of oxazole rings is 1. The van der Waals surface area contributed by atoms with Crippen molar-refractivity contribution >= 4 is 38.6 Å². The highest BCUT2D eigenvalue weighted by molar-refractivity contribution is 6.19. The van der Waals surface area contributed by atoms with E-state index in [0.29, 0.717) is 5.89 Å². The average Bonchev–Trinajstić information content (AvgIpc) is 3.76. The fourth-order valence-corrected chi connectivity index (χ4v) is 7.57. The Morgan fingerprint density at radius 2 is 0.940 bits per heavy atom. The van der Waals surface area contributed by atoms with Crippen LogP contribution in [-0.2, 0) is 0 Å². The molecule has 1 aromatic heterocycles. The molecule has 3 heteroatoms. The molecule has 8 aromatic carbocycles. The summed E-state index contributed by atoms with van der Waals surface area (Å²) >= 11 is 0. The molecular formula is C47H30N2O. The van der Waals surface area contributed by atoms with Crippen LogP contribution in [0.3, 0.4) is 0 Å². The lowest BCUT2D eigenvalue weighted by atomic mass is 9.91. The highest BCUT2D eigenvalue weighted by Crippen LogP contribution is 2.51. The number of hydrogen-bond donors (Lipinski definition) is 0. The Labute approximate surface area is 290 Å². The van der Waals surface area contributed by atoms with Crippen LogP contribution in [0.15, 0.2) is 186 Å². The molecule has 0 amide bonds. The summed E-state index contributed by atoms with van der Waals surface area (Å²) in [5, 5.41) is 4.78. The van der Waals surface area contributed by atoms with Gasteiger partial charge in [-0.05, 0) is 75.5 Å². The van der Waals surface area contributed by atoms with E-state index in [2.05, 4.69) is 157 Å². The first-order chi connectivity index (χ1) is 24.8. The summed E-state index contributed by atoms with van der Waals surface area (Å²) < 4.78 is 6.44. The van der Waals surface area contributed by atoms with Crippen molar-refractivity contribution < 1.29 is 4.42 Å². The molecule has 0 atom stereocenters. The van der Waals surface area contributed by atoms with Gasteiger partial charge in [0.15, 0.2) is 5.76 Å². The van der Waals surface area contributed by atoms with Gasteiger partial charge in [0.1, 0.15) is 5.69 Å². The molecule has 9 aromatic rings. The van der Waals surface area contributed by atoms with Crippen LogP contribution in [0.4, 0.5) is 17.1 Å². The van der Waals surface area contributed by atoms with Crippen molar-refractivity contribution in [2.75, 3.05) is 4.90 Å². The second-order valence-corrected chi connectivity index (χ2v) is 12.7. The Morgan fingerprint density at radius 3 is 1.70 bits per heavy atom. The van der Waals surface area contributed by atoms with E-state index >= 15 is 0 Å². The lowest BCUT2D eigenvalue weighted by molar-refractivity contribution is 0.590. The highest BCUT2D eigenvalue weighted by Gasteiger charge is 2.29. The van der Waals surface area contributed by atoms with Crippen LogP contribution in [0.2, 0.25) is 0 Å². The van der Waals surface area contributed by atoms with Crippen LogP contribution in [0.25, 0.3) is 77.8 Å². The maximum Gasteiger partial charge on any atom is 0.227 e. The Balaban J connectivity index is 1.11.